The van der Waals surface area contributed by atoms with Crippen molar-refractivity contribution in [3.8, 4) is 0 Å². The lowest BCUT2D eigenvalue weighted by Gasteiger charge is -2.01. The molecule has 0 spiro atoms. The highest BCUT2D eigenvalue weighted by atomic mass is 15.3. The Kier molecular flexibility index (Phi) is 2.02. The Labute approximate surface area is 83.8 Å². The number of aryl methyl sites for hydroxylation is 2. The van der Waals surface area contributed by atoms with E-state index in [1.807, 2.05) is 24.0 Å². The first-order valence-corrected chi connectivity index (χ1v) is 4.89. The molecule has 2 heterocycles. The Bertz CT molecular complexity index is 469. The topological polar surface area (TPSA) is 30.7 Å². The van der Waals surface area contributed by atoms with Gasteiger partial charge in [0.05, 0.1) is 5.69 Å². The quantitative estimate of drug-likeness (QED) is 0.689. The fourth-order valence-electron chi connectivity index (χ4n) is 1.77. The molecule has 3 nitrogen and oxygen atoms in total. The van der Waals surface area contributed by atoms with Crippen molar-refractivity contribution in [1.29, 1.82) is 0 Å². The number of aromatic nitrogens is 3. The van der Waals surface area contributed by atoms with E-state index in [0.717, 1.165) is 11.3 Å². The highest BCUT2D eigenvalue weighted by Gasteiger charge is 2.13. The molecule has 0 fully saturated rings. The van der Waals surface area contributed by atoms with Crippen LogP contribution in [0.15, 0.2) is 12.3 Å². The van der Waals surface area contributed by atoms with Crippen LogP contribution < -0.4 is 0 Å². The van der Waals surface area contributed by atoms with Crippen LogP contribution in [-0.2, 0) is 7.05 Å². The Morgan fingerprint density at radius 3 is 2.71 bits per heavy atom. The molecular formula is C11H15N3. The number of pyridine rings is 1. The van der Waals surface area contributed by atoms with E-state index in [2.05, 4.69) is 30.9 Å². The zero-order valence-electron chi connectivity index (χ0n) is 9.07. The molecule has 0 saturated carbocycles. The Balaban J connectivity index is 2.86. The van der Waals surface area contributed by atoms with E-state index in [9.17, 15) is 0 Å². The van der Waals surface area contributed by atoms with E-state index < -0.39 is 0 Å². The van der Waals surface area contributed by atoms with E-state index in [1.165, 1.54) is 10.9 Å². The van der Waals surface area contributed by atoms with Gasteiger partial charge in [0.15, 0.2) is 5.65 Å². The summed E-state index contributed by atoms with van der Waals surface area (Å²) in [6.07, 6.45) is 1.84. The minimum Gasteiger partial charge on any atom is -0.250 e. The maximum absolute atomic E-state index is 4.50. The van der Waals surface area contributed by atoms with Crippen molar-refractivity contribution >= 4 is 11.0 Å². The Morgan fingerprint density at radius 2 is 2.07 bits per heavy atom. The second kappa shape index (κ2) is 3.08. The van der Waals surface area contributed by atoms with Crippen molar-refractivity contribution in [2.75, 3.05) is 0 Å². The van der Waals surface area contributed by atoms with E-state index in [1.54, 1.807) is 0 Å². The normalized spacial score (nSPS) is 11.5. The van der Waals surface area contributed by atoms with Gasteiger partial charge in [0, 0.05) is 18.6 Å². The molecule has 0 aliphatic carbocycles. The third-order valence-electron chi connectivity index (χ3n) is 2.51. The molecule has 0 bridgehead atoms. The molecule has 14 heavy (non-hydrogen) atoms. The first-order valence-electron chi connectivity index (χ1n) is 4.89. The second-order valence-electron chi connectivity index (χ2n) is 3.99. The Morgan fingerprint density at radius 1 is 1.36 bits per heavy atom. The molecule has 0 radical (unpaired) electrons. The SMILES string of the molecule is Cc1ccnc2c1c(C(C)C)nn2C. The summed E-state index contributed by atoms with van der Waals surface area (Å²) in [6.45, 7) is 6.43. The van der Waals surface area contributed by atoms with Crippen molar-refractivity contribution in [3.05, 3.63) is 23.5 Å². The van der Waals surface area contributed by atoms with Gasteiger partial charge in [0.1, 0.15) is 0 Å². The lowest BCUT2D eigenvalue weighted by molar-refractivity contribution is 0.724. The number of nitrogens with zero attached hydrogens (tertiary/aromatic N) is 3. The van der Waals surface area contributed by atoms with Crippen LogP contribution in [0.1, 0.15) is 31.0 Å². The first kappa shape index (κ1) is 9.19. The number of fused-ring (bicyclic) bond motifs is 1. The summed E-state index contributed by atoms with van der Waals surface area (Å²) in [5.41, 5.74) is 3.38. The third-order valence-corrected chi connectivity index (χ3v) is 2.51. The molecule has 3 heteroatoms. The minimum atomic E-state index is 0.446. The van der Waals surface area contributed by atoms with Crippen molar-refractivity contribution < 1.29 is 0 Å². The molecule has 0 aliphatic heterocycles. The molecule has 0 atom stereocenters. The molecule has 0 aromatic carbocycles. The van der Waals surface area contributed by atoms with Crippen LogP contribution >= 0.6 is 0 Å². The number of hydrogen-bond donors (Lipinski definition) is 0. The maximum atomic E-state index is 4.50. The molecule has 74 valence electrons. The molecule has 0 amide bonds. The van der Waals surface area contributed by atoms with Gasteiger partial charge in [-0.3, -0.25) is 4.68 Å². The monoisotopic (exact) mass is 189 g/mol. The van der Waals surface area contributed by atoms with Crippen molar-refractivity contribution in [2.45, 2.75) is 26.7 Å². The average Bonchev–Trinajstić information content (AvgIpc) is 2.46. The number of rotatable bonds is 1. The van der Waals surface area contributed by atoms with Crippen LogP contribution in [0.5, 0.6) is 0 Å². The van der Waals surface area contributed by atoms with Gasteiger partial charge in [-0.1, -0.05) is 13.8 Å². The van der Waals surface area contributed by atoms with Crippen LogP contribution in [0.25, 0.3) is 11.0 Å². The fraction of sp³-hybridized carbons (Fsp3) is 0.455. The highest BCUT2D eigenvalue weighted by molar-refractivity contribution is 5.82. The van der Waals surface area contributed by atoms with Gasteiger partial charge in [-0.2, -0.15) is 5.10 Å². The van der Waals surface area contributed by atoms with Crippen LogP contribution in [0, 0.1) is 6.92 Å². The van der Waals surface area contributed by atoms with Gasteiger partial charge in [-0.25, -0.2) is 4.98 Å². The van der Waals surface area contributed by atoms with E-state index >= 15 is 0 Å². The van der Waals surface area contributed by atoms with Crippen molar-refractivity contribution in [1.82, 2.24) is 14.8 Å². The van der Waals surface area contributed by atoms with E-state index in [-0.39, 0.29) is 0 Å². The summed E-state index contributed by atoms with van der Waals surface area (Å²) in [5.74, 6) is 0.446. The smallest absolute Gasteiger partial charge is 0.158 e. The third kappa shape index (κ3) is 1.20. The molecule has 2 aromatic rings. The summed E-state index contributed by atoms with van der Waals surface area (Å²) in [5, 5.41) is 5.72. The molecule has 0 saturated heterocycles. The standard InChI is InChI=1S/C11H15N3/c1-7(2)10-9-8(3)5-6-12-11(9)14(4)13-10/h5-7H,1-4H3. The van der Waals surface area contributed by atoms with Crippen LogP contribution in [0.2, 0.25) is 0 Å². The minimum absolute atomic E-state index is 0.446. The molecular weight excluding hydrogens is 174 g/mol. The van der Waals surface area contributed by atoms with Crippen LogP contribution in [0.3, 0.4) is 0 Å². The average molecular weight is 189 g/mol. The molecule has 0 aliphatic rings. The largest absolute Gasteiger partial charge is 0.250 e. The number of hydrogen-bond acceptors (Lipinski definition) is 2. The molecule has 2 rings (SSSR count). The van der Waals surface area contributed by atoms with Crippen LogP contribution in [-0.4, -0.2) is 14.8 Å². The van der Waals surface area contributed by atoms with Gasteiger partial charge >= 0.3 is 0 Å². The van der Waals surface area contributed by atoms with E-state index in [4.69, 9.17) is 0 Å². The lowest BCUT2D eigenvalue weighted by atomic mass is 10.0. The Hall–Kier alpha value is -1.38. The predicted octanol–water partition coefficient (Wildman–Crippen LogP) is 2.40. The van der Waals surface area contributed by atoms with Gasteiger partial charge in [0.25, 0.3) is 0 Å². The van der Waals surface area contributed by atoms with Crippen molar-refractivity contribution in [2.24, 2.45) is 7.05 Å². The fourth-order valence-corrected chi connectivity index (χ4v) is 1.77. The highest BCUT2D eigenvalue weighted by Crippen LogP contribution is 2.25. The van der Waals surface area contributed by atoms with Crippen LogP contribution in [0.4, 0.5) is 0 Å². The maximum Gasteiger partial charge on any atom is 0.158 e. The molecule has 0 N–H and O–H groups in total. The summed E-state index contributed by atoms with van der Waals surface area (Å²) >= 11 is 0. The summed E-state index contributed by atoms with van der Waals surface area (Å²) in [6, 6.07) is 2.04. The summed E-state index contributed by atoms with van der Waals surface area (Å²) in [4.78, 5) is 4.35. The second-order valence-corrected chi connectivity index (χ2v) is 3.99. The van der Waals surface area contributed by atoms with E-state index in [0.29, 0.717) is 5.92 Å². The first-order chi connectivity index (χ1) is 6.61. The van der Waals surface area contributed by atoms with Gasteiger partial charge in [-0.15, -0.1) is 0 Å². The van der Waals surface area contributed by atoms with Gasteiger partial charge < -0.3 is 0 Å². The zero-order chi connectivity index (χ0) is 10.3. The lowest BCUT2D eigenvalue weighted by Crippen LogP contribution is -1.93. The van der Waals surface area contributed by atoms with Gasteiger partial charge in [0.2, 0.25) is 0 Å². The predicted molar refractivity (Wildman–Crippen MR) is 57.3 cm³/mol. The molecule has 0 unspecified atom stereocenters. The zero-order valence-corrected chi connectivity index (χ0v) is 9.07. The summed E-state index contributed by atoms with van der Waals surface area (Å²) < 4.78 is 1.86. The summed E-state index contributed by atoms with van der Waals surface area (Å²) in [7, 11) is 1.95. The van der Waals surface area contributed by atoms with Gasteiger partial charge in [-0.05, 0) is 24.5 Å². The van der Waals surface area contributed by atoms with Crippen molar-refractivity contribution in [3.63, 3.8) is 0 Å². The molecule has 2 aromatic heterocycles.